The Labute approximate surface area is 427 Å². The lowest BCUT2D eigenvalue weighted by molar-refractivity contribution is -0.303. The standard InChI is InChI=1S/C59H107NO10/c1-3-5-7-9-11-13-15-17-19-20-21-22-23-24-25-26-27-28-29-30-31-33-35-37-39-41-43-45-47-52(63)58(68)60-50(49-69-59-57(67)56(66)55(65)53(48-61)70-59)54(64)51(62)46-44-42-40-38-36-34-32-18-16-14-12-10-8-6-4-2/h10,12,18,21-22,24-25,32,38,40,50-57,59,61-67H,3-9,11,13-17,19-20,23,26-31,33-37,39,41-49H2,1-2H3,(H,60,68)/b12-10+,22-21-,25-24-,32-18+,40-38+. The lowest BCUT2D eigenvalue weighted by Gasteiger charge is -2.40. The summed E-state index contributed by atoms with van der Waals surface area (Å²) in [6.07, 6.45) is 49.9. The number of aliphatic hydroxyl groups excluding tert-OH is 7. The third-order valence-electron chi connectivity index (χ3n) is 13.5. The van der Waals surface area contributed by atoms with Gasteiger partial charge in [-0.2, -0.15) is 0 Å². The molecule has 1 aliphatic heterocycles. The molecule has 0 aromatic carbocycles. The van der Waals surface area contributed by atoms with Crippen LogP contribution in [-0.2, 0) is 14.3 Å². The van der Waals surface area contributed by atoms with Crippen molar-refractivity contribution >= 4 is 5.91 Å². The molecular weight excluding hydrogens is 883 g/mol. The molecule has 0 aromatic rings. The molecule has 1 amide bonds. The Bertz CT molecular complexity index is 1320. The van der Waals surface area contributed by atoms with Crippen molar-refractivity contribution in [3.8, 4) is 0 Å². The van der Waals surface area contributed by atoms with E-state index in [9.17, 15) is 40.5 Å². The molecule has 1 aliphatic rings. The van der Waals surface area contributed by atoms with Crippen LogP contribution >= 0.6 is 0 Å². The van der Waals surface area contributed by atoms with Crippen LogP contribution in [0.15, 0.2) is 60.8 Å². The fourth-order valence-corrected chi connectivity index (χ4v) is 8.78. The van der Waals surface area contributed by atoms with Crippen LogP contribution in [0, 0.1) is 0 Å². The van der Waals surface area contributed by atoms with Crippen LogP contribution in [0.2, 0.25) is 0 Å². The van der Waals surface area contributed by atoms with Gasteiger partial charge in [0.1, 0.15) is 36.6 Å². The smallest absolute Gasteiger partial charge is 0.249 e. The van der Waals surface area contributed by atoms with Gasteiger partial charge in [-0.15, -0.1) is 0 Å². The van der Waals surface area contributed by atoms with Crippen molar-refractivity contribution < 1.29 is 50.0 Å². The molecule has 70 heavy (non-hydrogen) atoms. The molecule has 0 aliphatic carbocycles. The molecule has 408 valence electrons. The molecule has 9 unspecified atom stereocenters. The molecule has 11 nitrogen and oxygen atoms in total. The van der Waals surface area contributed by atoms with Gasteiger partial charge in [-0.3, -0.25) is 4.79 Å². The number of carbonyl (C=O) groups excluding carboxylic acids is 1. The average molecular weight is 991 g/mol. The summed E-state index contributed by atoms with van der Waals surface area (Å²) in [5.41, 5.74) is 0. The Morgan fingerprint density at radius 3 is 1.40 bits per heavy atom. The summed E-state index contributed by atoms with van der Waals surface area (Å²) in [5, 5.41) is 76.0. The van der Waals surface area contributed by atoms with Crippen molar-refractivity contribution in [1.82, 2.24) is 5.32 Å². The van der Waals surface area contributed by atoms with E-state index in [0.717, 1.165) is 57.8 Å². The average Bonchev–Trinajstić information content (AvgIpc) is 3.36. The zero-order chi connectivity index (χ0) is 51.1. The Balaban J connectivity index is 2.30. The van der Waals surface area contributed by atoms with Crippen LogP contribution < -0.4 is 5.32 Å². The number of nitrogens with one attached hydrogen (secondary N) is 1. The highest BCUT2D eigenvalue weighted by Gasteiger charge is 2.44. The van der Waals surface area contributed by atoms with Gasteiger partial charge in [-0.05, 0) is 89.9 Å². The molecule has 9 atom stereocenters. The van der Waals surface area contributed by atoms with E-state index in [1.54, 1.807) is 0 Å². The van der Waals surface area contributed by atoms with E-state index in [1.165, 1.54) is 135 Å². The number of rotatable bonds is 48. The Morgan fingerprint density at radius 1 is 0.500 bits per heavy atom. The second kappa shape index (κ2) is 47.8. The highest BCUT2D eigenvalue weighted by molar-refractivity contribution is 5.80. The summed E-state index contributed by atoms with van der Waals surface area (Å²) in [7, 11) is 0. The van der Waals surface area contributed by atoms with Gasteiger partial charge in [0, 0.05) is 0 Å². The highest BCUT2D eigenvalue weighted by atomic mass is 16.7. The normalized spacial score (nSPS) is 20.7. The molecule has 0 spiro atoms. The number of carbonyl (C=O) groups is 1. The summed E-state index contributed by atoms with van der Waals surface area (Å²) in [4.78, 5) is 13.2. The predicted molar refractivity (Wildman–Crippen MR) is 288 cm³/mol. The minimum Gasteiger partial charge on any atom is -0.394 e. The third-order valence-corrected chi connectivity index (χ3v) is 13.5. The minimum atomic E-state index is -1.67. The van der Waals surface area contributed by atoms with Gasteiger partial charge in [0.25, 0.3) is 0 Å². The van der Waals surface area contributed by atoms with Crippen LogP contribution in [0.3, 0.4) is 0 Å². The van der Waals surface area contributed by atoms with Crippen molar-refractivity contribution in [2.24, 2.45) is 0 Å². The monoisotopic (exact) mass is 990 g/mol. The Kier molecular flexibility index (Phi) is 44.9. The molecule has 0 saturated carbocycles. The number of allylic oxidation sites excluding steroid dienone is 10. The number of ether oxygens (including phenoxy) is 2. The Hall–Kier alpha value is -2.19. The molecule has 1 rings (SSSR count). The van der Waals surface area contributed by atoms with E-state index in [4.69, 9.17) is 9.47 Å². The highest BCUT2D eigenvalue weighted by Crippen LogP contribution is 2.23. The van der Waals surface area contributed by atoms with Crippen LogP contribution in [0.4, 0.5) is 0 Å². The van der Waals surface area contributed by atoms with Gasteiger partial charge in [0.15, 0.2) is 6.29 Å². The zero-order valence-corrected chi connectivity index (χ0v) is 44.5. The first-order valence-electron chi connectivity index (χ1n) is 28.7. The van der Waals surface area contributed by atoms with Crippen LogP contribution in [0.25, 0.3) is 0 Å². The summed E-state index contributed by atoms with van der Waals surface area (Å²) < 4.78 is 11.1. The van der Waals surface area contributed by atoms with Gasteiger partial charge in [-0.25, -0.2) is 0 Å². The first-order valence-corrected chi connectivity index (χ1v) is 28.7. The molecular formula is C59H107NO10. The van der Waals surface area contributed by atoms with Gasteiger partial charge >= 0.3 is 0 Å². The quantitative estimate of drug-likeness (QED) is 0.0215. The van der Waals surface area contributed by atoms with Crippen molar-refractivity contribution in [2.45, 2.75) is 294 Å². The second-order valence-corrected chi connectivity index (χ2v) is 20.0. The molecule has 11 heteroatoms. The van der Waals surface area contributed by atoms with E-state index in [-0.39, 0.29) is 12.8 Å². The maximum atomic E-state index is 13.2. The van der Waals surface area contributed by atoms with Crippen LogP contribution in [0.5, 0.6) is 0 Å². The fraction of sp³-hybridized carbons (Fsp3) is 0.814. The van der Waals surface area contributed by atoms with Crippen molar-refractivity contribution in [2.75, 3.05) is 13.2 Å². The fourth-order valence-electron chi connectivity index (χ4n) is 8.78. The number of aliphatic hydroxyl groups is 7. The second-order valence-electron chi connectivity index (χ2n) is 20.0. The lowest BCUT2D eigenvalue weighted by Crippen LogP contribution is -2.60. The van der Waals surface area contributed by atoms with Gasteiger partial charge in [0.05, 0.1) is 25.4 Å². The summed E-state index contributed by atoms with van der Waals surface area (Å²) >= 11 is 0. The van der Waals surface area contributed by atoms with Crippen LogP contribution in [-0.4, -0.2) is 110 Å². The molecule has 1 fully saturated rings. The van der Waals surface area contributed by atoms with Crippen molar-refractivity contribution in [1.29, 1.82) is 0 Å². The van der Waals surface area contributed by atoms with E-state index in [2.05, 4.69) is 79.9 Å². The number of hydrogen-bond donors (Lipinski definition) is 8. The van der Waals surface area contributed by atoms with E-state index < -0.39 is 74.2 Å². The van der Waals surface area contributed by atoms with Crippen molar-refractivity contribution in [3.05, 3.63) is 60.8 Å². The van der Waals surface area contributed by atoms with Crippen molar-refractivity contribution in [3.63, 3.8) is 0 Å². The van der Waals surface area contributed by atoms with E-state index in [0.29, 0.717) is 19.3 Å². The predicted octanol–water partition coefficient (Wildman–Crippen LogP) is 11.8. The molecule has 0 radical (unpaired) electrons. The summed E-state index contributed by atoms with van der Waals surface area (Å²) in [5.74, 6) is -0.715. The maximum absolute atomic E-state index is 13.2. The minimum absolute atomic E-state index is 0.238. The first kappa shape index (κ1) is 65.8. The molecule has 0 bridgehead atoms. The number of unbranched alkanes of at least 4 members (excludes halogenated alkanes) is 26. The first-order chi connectivity index (χ1) is 34.2. The van der Waals surface area contributed by atoms with Crippen LogP contribution in [0.1, 0.15) is 239 Å². The third kappa shape index (κ3) is 35.8. The molecule has 1 saturated heterocycles. The largest absolute Gasteiger partial charge is 0.394 e. The summed E-state index contributed by atoms with van der Waals surface area (Å²) in [6, 6.07) is -1.20. The molecule has 1 heterocycles. The molecule has 8 N–H and O–H groups in total. The number of amides is 1. The maximum Gasteiger partial charge on any atom is 0.249 e. The van der Waals surface area contributed by atoms with Gasteiger partial charge < -0.3 is 50.5 Å². The zero-order valence-electron chi connectivity index (χ0n) is 44.5. The van der Waals surface area contributed by atoms with Gasteiger partial charge in [0.2, 0.25) is 5.91 Å². The summed E-state index contributed by atoms with van der Waals surface area (Å²) in [6.45, 7) is 3.39. The van der Waals surface area contributed by atoms with E-state index >= 15 is 0 Å². The number of hydrogen-bond acceptors (Lipinski definition) is 10. The molecule has 0 aromatic heterocycles. The lowest BCUT2D eigenvalue weighted by atomic mass is 9.98. The van der Waals surface area contributed by atoms with E-state index in [1.807, 2.05) is 0 Å². The topological polar surface area (TPSA) is 189 Å². The Morgan fingerprint density at radius 2 is 0.914 bits per heavy atom. The SMILES string of the molecule is CCCC/C=C/CC/C=C/CC/C=C/CCCC(O)C(O)C(COC1OC(CO)C(O)C(O)C1O)NC(=O)C(O)CCCCCCCCCCCCCC/C=C\C/C=C\CCCCCCCCCCC. The van der Waals surface area contributed by atoms with Gasteiger partial charge in [-0.1, -0.05) is 209 Å².